The van der Waals surface area contributed by atoms with E-state index in [9.17, 15) is 0 Å². The number of aryl methyl sites for hydroxylation is 1. The second-order valence-corrected chi connectivity index (χ2v) is 7.50. The molecule has 128 valence electrons. The van der Waals surface area contributed by atoms with Gasteiger partial charge in [0.05, 0.1) is 6.54 Å². The van der Waals surface area contributed by atoms with Crippen LogP contribution in [-0.4, -0.2) is 49.3 Å². The average molecular weight is 342 g/mol. The number of nitrogens with one attached hydrogen (secondary N) is 1. The fourth-order valence-electron chi connectivity index (χ4n) is 3.18. The Hall–Kier alpha value is -1.81. The number of allylic oxidation sites excluding steroid dienone is 1. The third-order valence-electron chi connectivity index (χ3n) is 4.98. The Balaban J connectivity index is 1.76. The van der Waals surface area contributed by atoms with Gasteiger partial charge in [-0.25, -0.2) is 0 Å². The summed E-state index contributed by atoms with van der Waals surface area (Å²) < 4.78 is 0. The second-order valence-electron chi connectivity index (χ2n) is 6.65. The summed E-state index contributed by atoms with van der Waals surface area (Å²) in [6.45, 7) is 6.21. The van der Waals surface area contributed by atoms with Crippen molar-refractivity contribution in [1.82, 2.24) is 9.80 Å². The molecule has 0 spiro atoms. The number of anilines is 1. The average Bonchev–Trinajstić information content (AvgIpc) is 2.58. The van der Waals surface area contributed by atoms with Gasteiger partial charge in [0.15, 0.2) is 0 Å². The predicted octanol–water partition coefficient (Wildman–Crippen LogP) is 4.10. The topological polar surface area (TPSA) is 18.5 Å². The zero-order chi connectivity index (χ0) is 17.3. The van der Waals surface area contributed by atoms with Gasteiger partial charge in [-0.15, -0.1) is 11.8 Å². The summed E-state index contributed by atoms with van der Waals surface area (Å²) in [6.07, 6.45) is 9.02. The summed E-state index contributed by atoms with van der Waals surface area (Å²) in [6, 6.07) is 7.06. The lowest BCUT2D eigenvalue weighted by atomic mass is 10.0. The SMILES string of the molecule is CSc1cc(NCC2=CC3=C(C=CC(C)N3C)CN2C)ccc1C. The number of likely N-dealkylation sites (N-methyl/N-ethyl adjacent to an activating group) is 2. The maximum Gasteiger partial charge on any atom is 0.0550 e. The zero-order valence-corrected chi connectivity index (χ0v) is 16.1. The fourth-order valence-corrected chi connectivity index (χ4v) is 3.81. The molecule has 3 rings (SSSR count). The standard InChI is InChI=1S/C20H27N3S/c1-14-6-9-17(10-20(14)24-5)21-12-18-11-19-16(13-22(18)3)8-7-15(2)23(19)4/h6-11,15,21H,12-13H2,1-5H3. The van der Waals surface area contributed by atoms with Crippen LogP contribution in [0.3, 0.4) is 0 Å². The minimum Gasteiger partial charge on any atom is -0.379 e. The van der Waals surface area contributed by atoms with Crippen molar-refractivity contribution in [2.24, 2.45) is 0 Å². The van der Waals surface area contributed by atoms with Crippen molar-refractivity contribution < 1.29 is 0 Å². The number of nitrogens with zero attached hydrogens (tertiary/aromatic N) is 2. The molecule has 0 amide bonds. The zero-order valence-electron chi connectivity index (χ0n) is 15.3. The van der Waals surface area contributed by atoms with Gasteiger partial charge in [-0.2, -0.15) is 0 Å². The van der Waals surface area contributed by atoms with Crippen molar-refractivity contribution in [3.63, 3.8) is 0 Å². The lowest BCUT2D eigenvalue weighted by Crippen LogP contribution is -2.36. The molecule has 2 aliphatic heterocycles. The summed E-state index contributed by atoms with van der Waals surface area (Å²) in [5.41, 5.74) is 6.61. The van der Waals surface area contributed by atoms with Crippen LogP contribution in [0.4, 0.5) is 5.69 Å². The van der Waals surface area contributed by atoms with Gasteiger partial charge < -0.3 is 15.1 Å². The van der Waals surface area contributed by atoms with Crippen LogP contribution in [0.25, 0.3) is 0 Å². The molecule has 1 unspecified atom stereocenters. The molecule has 2 heterocycles. The fraction of sp³-hybridized carbons (Fsp3) is 0.400. The van der Waals surface area contributed by atoms with Crippen molar-refractivity contribution in [1.29, 1.82) is 0 Å². The molecule has 1 aromatic carbocycles. The maximum absolute atomic E-state index is 3.59. The highest BCUT2D eigenvalue weighted by atomic mass is 32.2. The molecule has 1 atom stereocenters. The minimum absolute atomic E-state index is 0.457. The van der Waals surface area contributed by atoms with E-state index in [4.69, 9.17) is 0 Å². The van der Waals surface area contributed by atoms with E-state index >= 15 is 0 Å². The highest BCUT2D eigenvalue weighted by Gasteiger charge is 2.23. The quantitative estimate of drug-likeness (QED) is 0.831. The van der Waals surface area contributed by atoms with Gasteiger partial charge in [-0.05, 0) is 49.4 Å². The van der Waals surface area contributed by atoms with Crippen LogP contribution in [0.2, 0.25) is 0 Å². The molecular weight excluding hydrogens is 314 g/mol. The number of hydrogen-bond donors (Lipinski definition) is 1. The Kier molecular flexibility index (Phi) is 4.95. The first-order chi connectivity index (χ1) is 11.5. The maximum atomic E-state index is 3.59. The van der Waals surface area contributed by atoms with Crippen molar-refractivity contribution in [2.75, 3.05) is 38.8 Å². The van der Waals surface area contributed by atoms with Gasteiger partial charge in [-0.3, -0.25) is 0 Å². The normalized spacial score (nSPS) is 20.2. The molecule has 0 aliphatic carbocycles. The molecule has 1 aromatic rings. The molecule has 2 aliphatic rings. The van der Waals surface area contributed by atoms with Gasteiger partial charge in [0.25, 0.3) is 0 Å². The van der Waals surface area contributed by atoms with Crippen LogP contribution in [0, 0.1) is 6.92 Å². The summed E-state index contributed by atoms with van der Waals surface area (Å²) >= 11 is 1.80. The second kappa shape index (κ2) is 6.98. The smallest absolute Gasteiger partial charge is 0.0550 e. The Morgan fingerprint density at radius 3 is 2.83 bits per heavy atom. The number of benzene rings is 1. The van der Waals surface area contributed by atoms with Crippen LogP contribution in [0.15, 0.2) is 58.3 Å². The number of hydrogen-bond acceptors (Lipinski definition) is 4. The molecular formula is C20H27N3S. The van der Waals surface area contributed by atoms with E-state index in [0.29, 0.717) is 6.04 Å². The van der Waals surface area contributed by atoms with Crippen molar-refractivity contribution in [3.8, 4) is 0 Å². The Morgan fingerprint density at radius 1 is 1.29 bits per heavy atom. The molecule has 0 saturated heterocycles. The molecule has 0 fully saturated rings. The summed E-state index contributed by atoms with van der Waals surface area (Å²) in [7, 11) is 4.35. The largest absolute Gasteiger partial charge is 0.379 e. The number of thioether (sulfide) groups is 1. The molecule has 4 heteroatoms. The Morgan fingerprint density at radius 2 is 2.08 bits per heavy atom. The highest BCUT2D eigenvalue weighted by molar-refractivity contribution is 7.98. The first kappa shape index (κ1) is 17.0. The monoisotopic (exact) mass is 341 g/mol. The van der Waals surface area contributed by atoms with E-state index in [0.717, 1.165) is 13.1 Å². The molecule has 24 heavy (non-hydrogen) atoms. The van der Waals surface area contributed by atoms with Crippen LogP contribution in [-0.2, 0) is 0 Å². The number of rotatable bonds is 4. The lowest BCUT2D eigenvalue weighted by molar-refractivity contribution is 0.351. The molecule has 0 aromatic heterocycles. The Bertz CT molecular complexity index is 718. The molecule has 0 radical (unpaired) electrons. The van der Waals surface area contributed by atoms with Crippen molar-refractivity contribution in [2.45, 2.75) is 24.8 Å². The van der Waals surface area contributed by atoms with E-state index < -0.39 is 0 Å². The van der Waals surface area contributed by atoms with Gasteiger partial charge >= 0.3 is 0 Å². The van der Waals surface area contributed by atoms with Crippen LogP contribution < -0.4 is 5.32 Å². The Labute approximate surface area is 150 Å². The van der Waals surface area contributed by atoms with Crippen LogP contribution in [0.5, 0.6) is 0 Å². The van der Waals surface area contributed by atoms with Crippen LogP contribution >= 0.6 is 11.8 Å². The van der Waals surface area contributed by atoms with Crippen LogP contribution in [0.1, 0.15) is 12.5 Å². The predicted molar refractivity (Wildman–Crippen MR) is 106 cm³/mol. The first-order valence-corrected chi connectivity index (χ1v) is 9.66. The molecule has 0 bridgehead atoms. The van der Waals surface area contributed by atoms with Crippen molar-refractivity contribution >= 4 is 17.4 Å². The van der Waals surface area contributed by atoms with Gasteiger partial charge in [0, 0.05) is 48.7 Å². The molecule has 1 N–H and O–H groups in total. The first-order valence-electron chi connectivity index (χ1n) is 8.44. The van der Waals surface area contributed by atoms with Gasteiger partial charge in [0.2, 0.25) is 0 Å². The van der Waals surface area contributed by atoms with Gasteiger partial charge in [-0.1, -0.05) is 18.2 Å². The lowest BCUT2D eigenvalue weighted by Gasteiger charge is -2.37. The summed E-state index contributed by atoms with van der Waals surface area (Å²) in [4.78, 5) is 6.03. The van der Waals surface area contributed by atoms with Gasteiger partial charge in [0.1, 0.15) is 0 Å². The van der Waals surface area contributed by atoms with E-state index in [1.165, 1.54) is 33.1 Å². The molecule has 3 nitrogen and oxygen atoms in total. The molecule has 0 saturated carbocycles. The van der Waals surface area contributed by atoms with E-state index in [1.54, 1.807) is 11.8 Å². The summed E-state index contributed by atoms with van der Waals surface area (Å²) in [5, 5.41) is 3.59. The van der Waals surface area contributed by atoms with E-state index in [2.05, 4.69) is 85.7 Å². The third kappa shape index (κ3) is 3.34. The third-order valence-corrected chi connectivity index (χ3v) is 5.86. The highest BCUT2D eigenvalue weighted by Crippen LogP contribution is 2.28. The van der Waals surface area contributed by atoms with E-state index in [1.807, 2.05) is 0 Å². The van der Waals surface area contributed by atoms with Crippen molar-refractivity contribution in [3.05, 3.63) is 59.0 Å². The van der Waals surface area contributed by atoms with E-state index in [-0.39, 0.29) is 0 Å². The summed E-state index contributed by atoms with van der Waals surface area (Å²) in [5.74, 6) is 0. The minimum atomic E-state index is 0.457.